The molecule has 4 atom stereocenters. The highest BCUT2D eigenvalue weighted by molar-refractivity contribution is 5.99. The van der Waals surface area contributed by atoms with E-state index in [1.165, 1.54) is 6.42 Å². The summed E-state index contributed by atoms with van der Waals surface area (Å²) in [6, 6.07) is 7.77. The monoisotopic (exact) mass is 468 g/mol. The van der Waals surface area contributed by atoms with Crippen LogP contribution in [-0.4, -0.2) is 53.6 Å². The fourth-order valence-electron chi connectivity index (χ4n) is 5.96. The molecule has 1 spiro atoms. The Morgan fingerprint density at radius 1 is 1.35 bits per heavy atom. The molecule has 0 bridgehead atoms. The average molecular weight is 469 g/mol. The predicted molar refractivity (Wildman–Crippen MR) is 128 cm³/mol. The first-order valence-corrected chi connectivity index (χ1v) is 12.5. The van der Waals surface area contributed by atoms with Crippen LogP contribution in [0.1, 0.15) is 70.4 Å². The maximum atomic E-state index is 13.4. The molecule has 8 nitrogen and oxygen atoms in total. The summed E-state index contributed by atoms with van der Waals surface area (Å²) in [6.07, 6.45) is 5.70. The van der Waals surface area contributed by atoms with Gasteiger partial charge in [0.05, 0.1) is 18.0 Å². The lowest BCUT2D eigenvalue weighted by atomic mass is 9.73. The molecule has 2 fully saturated rings. The van der Waals surface area contributed by atoms with Crippen LogP contribution in [0, 0.1) is 11.8 Å². The second-order valence-electron chi connectivity index (χ2n) is 11.0. The molecule has 2 aliphatic heterocycles. The number of hydrogen-bond donors (Lipinski definition) is 2. The number of carbonyl (C=O) groups excluding carboxylic acids is 2. The van der Waals surface area contributed by atoms with Crippen LogP contribution in [0.5, 0.6) is 5.75 Å². The third-order valence-electron chi connectivity index (χ3n) is 7.92. The summed E-state index contributed by atoms with van der Waals surface area (Å²) in [5, 5.41) is 3.32. The number of guanidine groups is 1. The molecular weight excluding hydrogens is 432 g/mol. The summed E-state index contributed by atoms with van der Waals surface area (Å²) in [5.74, 6) is 1.04. The van der Waals surface area contributed by atoms with Crippen molar-refractivity contribution in [1.82, 2.24) is 10.2 Å². The van der Waals surface area contributed by atoms with Gasteiger partial charge in [0.25, 0.3) is 0 Å². The number of fused-ring (bicyclic) bond motifs is 1. The van der Waals surface area contributed by atoms with E-state index in [0.717, 1.165) is 37.0 Å². The Labute approximate surface area is 201 Å². The van der Waals surface area contributed by atoms with Gasteiger partial charge in [-0.3, -0.25) is 14.5 Å². The molecule has 8 heteroatoms. The molecule has 5 rings (SSSR count). The van der Waals surface area contributed by atoms with E-state index in [1.54, 1.807) is 12.0 Å². The molecule has 2 heterocycles. The van der Waals surface area contributed by atoms with Crippen LogP contribution in [0.4, 0.5) is 0 Å². The number of nitrogens with one attached hydrogen (secondary N) is 1. The van der Waals surface area contributed by atoms with Crippen LogP contribution >= 0.6 is 0 Å². The highest BCUT2D eigenvalue weighted by atomic mass is 16.5. The van der Waals surface area contributed by atoms with Gasteiger partial charge in [-0.2, -0.15) is 0 Å². The number of ether oxygens (including phenoxy) is 2. The molecule has 0 aromatic heterocycles. The summed E-state index contributed by atoms with van der Waals surface area (Å²) >= 11 is 0. The Morgan fingerprint density at radius 3 is 2.79 bits per heavy atom. The van der Waals surface area contributed by atoms with Gasteiger partial charge in [0.15, 0.2) is 5.96 Å². The molecule has 2 amide bonds. The zero-order chi connectivity index (χ0) is 24.1. The van der Waals surface area contributed by atoms with Gasteiger partial charge >= 0.3 is 0 Å². The van der Waals surface area contributed by atoms with Gasteiger partial charge < -0.3 is 20.5 Å². The largest absolute Gasteiger partial charge is 0.487 e. The van der Waals surface area contributed by atoms with Gasteiger partial charge in [0.1, 0.15) is 11.4 Å². The van der Waals surface area contributed by atoms with Crippen molar-refractivity contribution in [2.75, 3.05) is 13.7 Å². The lowest BCUT2D eigenvalue weighted by Gasteiger charge is -2.48. The number of hydrogen-bond acceptors (Lipinski definition) is 6. The highest BCUT2D eigenvalue weighted by Crippen LogP contribution is 2.50. The van der Waals surface area contributed by atoms with Gasteiger partial charge in [-0.05, 0) is 57.9 Å². The van der Waals surface area contributed by atoms with Crippen molar-refractivity contribution < 1.29 is 19.1 Å². The van der Waals surface area contributed by atoms with Crippen molar-refractivity contribution >= 4 is 17.8 Å². The molecule has 3 N–H and O–H groups in total. The van der Waals surface area contributed by atoms with Crippen molar-refractivity contribution in [3.63, 3.8) is 0 Å². The normalized spacial score (nSPS) is 29.4. The SMILES string of the molecule is COCC[C@H]([C@H]1C[C@@H]1C(=O)NC1CC2(CCC2)Oc2ccccc21)N1C(=O)CC(C)(C)N=C1N. The van der Waals surface area contributed by atoms with Gasteiger partial charge in [0.2, 0.25) is 11.8 Å². The molecule has 1 aromatic rings. The number of amides is 2. The summed E-state index contributed by atoms with van der Waals surface area (Å²) in [5.41, 5.74) is 6.66. The van der Waals surface area contributed by atoms with E-state index in [4.69, 9.17) is 15.2 Å². The first-order valence-electron chi connectivity index (χ1n) is 12.5. The Bertz CT molecular complexity index is 1000. The van der Waals surface area contributed by atoms with Crippen molar-refractivity contribution in [2.45, 2.75) is 82.0 Å². The van der Waals surface area contributed by atoms with E-state index in [-0.39, 0.29) is 47.3 Å². The number of nitrogens with zero attached hydrogens (tertiary/aromatic N) is 2. The smallest absolute Gasteiger partial charge is 0.231 e. The summed E-state index contributed by atoms with van der Waals surface area (Å²) in [4.78, 5) is 32.6. The van der Waals surface area contributed by atoms with E-state index >= 15 is 0 Å². The maximum absolute atomic E-state index is 13.4. The van der Waals surface area contributed by atoms with Gasteiger partial charge in [-0.15, -0.1) is 0 Å². The molecule has 184 valence electrons. The number of carbonyl (C=O) groups is 2. The van der Waals surface area contributed by atoms with E-state index in [9.17, 15) is 9.59 Å². The van der Waals surface area contributed by atoms with E-state index in [1.807, 2.05) is 38.1 Å². The first-order chi connectivity index (χ1) is 16.2. The number of para-hydroxylation sites is 1. The fourth-order valence-corrected chi connectivity index (χ4v) is 5.96. The first kappa shape index (κ1) is 23.1. The second kappa shape index (κ2) is 8.56. The van der Waals surface area contributed by atoms with Gasteiger partial charge in [-0.1, -0.05) is 18.2 Å². The second-order valence-corrected chi connectivity index (χ2v) is 11.0. The number of rotatable bonds is 7. The molecule has 34 heavy (non-hydrogen) atoms. The Kier molecular flexibility index (Phi) is 5.82. The molecule has 0 saturated heterocycles. The maximum Gasteiger partial charge on any atom is 0.231 e. The summed E-state index contributed by atoms with van der Waals surface area (Å²) in [7, 11) is 1.64. The number of benzene rings is 1. The summed E-state index contributed by atoms with van der Waals surface area (Å²) in [6.45, 7) is 4.31. The van der Waals surface area contributed by atoms with Crippen LogP contribution in [0.25, 0.3) is 0 Å². The number of aliphatic imine (C=N–C) groups is 1. The molecule has 4 aliphatic rings. The standard InChI is InChI=1S/C26H36N4O4/c1-25(2)15-22(31)30(24(27)29-25)20(9-12-33-3)17-13-18(17)23(32)28-19-14-26(10-6-11-26)34-21-8-5-4-7-16(19)21/h4-5,7-8,17-20H,6,9-15H2,1-3H3,(H2,27,29)(H,28,32)/t17-,18-,19?,20+/m0/s1. The lowest BCUT2D eigenvalue weighted by molar-refractivity contribution is -0.132. The minimum absolute atomic E-state index is 0.0325. The highest BCUT2D eigenvalue weighted by Gasteiger charge is 2.53. The molecule has 0 radical (unpaired) electrons. The topological polar surface area (TPSA) is 106 Å². The lowest BCUT2D eigenvalue weighted by Crippen LogP contribution is -2.55. The quantitative estimate of drug-likeness (QED) is 0.640. The van der Waals surface area contributed by atoms with Crippen molar-refractivity contribution in [1.29, 1.82) is 0 Å². The van der Waals surface area contributed by atoms with Crippen molar-refractivity contribution in [3.05, 3.63) is 29.8 Å². The predicted octanol–water partition coefficient (Wildman–Crippen LogP) is 2.92. The van der Waals surface area contributed by atoms with E-state index < -0.39 is 5.54 Å². The van der Waals surface area contributed by atoms with Crippen LogP contribution in [0.15, 0.2) is 29.3 Å². The molecular formula is C26H36N4O4. The fraction of sp³-hybridized carbons (Fsp3) is 0.654. The van der Waals surface area contributed by atoms with Crippen molar-refractivity contribution in [2.24, 2.45) is 22.6 Å². The molecule has 2 aliphatic carbocycles. The number of methoxy groups -OCH3 is 1. The van der Waals surface area contributed by atoms with E-state index in [2.05, 4.69) is 10.3 Å². The Hall–Kier alpha value is -2.61. The van der Waals surface area contributed by atoms with Crippen LogP contribution in [0.2, 0.25) is 0 Å². The Balaban J connectivity index is 1.31. The van der Waals surface area contributed by atoms with Gasteiger partial charge in [0, 0.05) is 37.7 Å². The third kappa shape index (κ3) is 4.28. The van der Waals surface area contributed by atoms with Crippen LogP contribution in [-0.2, 0) is 14.3 Å². The summed E-state index contributed by atoms with van der Waals surface area (Å²) < 4.78 is 11.6. The molecule has 2 saturated carbocycles. The number of nitrogens with two attached hydrogens (primary N) is 1. The third-order valence-corrected chi connectivity index (χ3v) is 7.92. The minimum Gasteiger partial charge on any atom is -0.487 e. The van der Waals surface area contributed by atoms with Crippen molar-refractivity contribution in [3.8, 4) is 5.75 Å². The molecule has 1 unspecified atom stereocenters. The average Bonchev–Trinajstić information content (AvgIpc) is 3.54. The van der Waals surface area contributed by atoms with Gasteiger partial charge in [-0.25, -0.2) is 4.99 Å². The van der Waals surface area contributed by atoms with Crippen LogP contribution in [0.3, 0.4) is 0 Å². The van der Waals surface area contributed by atoms with Crippen LogP contribution < -0.4 is 15.8 Å². The molecule has 1 aromatic carbocycles. The Morgan fingerprint density at radius 2 is 2.12 bits per heavy atom. The van der Waals surface area contributed by atoms with E-state index in [0.29, 0.717) is 19.4 Å². The zero-order valence-corrected chi connectivity index (χ0v) is 20.4. The minimum atomic E-state index is -0.502. The zero-order valence-electron chi connectivity index (χ0n) is 20.4.